The van der Waals surface area contributed by atoms with Crippen LogP contribution >= 0.6 is 0 Å². The lowest BCUT2D eigenvalue weighted by atomic mass is 9.88. The first kappa shape index (κ1) is 14.1. The third-order valence-electron chi connectivity index (χ3n) is 4.10. The molecular formula is C18H20FNO. The Balaban J connectivity index is 1.83. The Morgan fingerprint density at radius 1 is 1.05 bits per heavy atom. The van der Waals surface area contributed by atoms with E-state index in [0.717, 1.165) is 19.5 Å². The van der Waals surface area contributed by atoms with E-state index in [1.165, 1.54) is 11.6 Å². The molecule has 110 valence electrons. The van der Waals surface area contributed by atoms with Gasteiger partial charge in [0.1, 0.15) is 6.10 Å². The maximum atomic E-state index is 13.8. The van der Waals surface area contributed by atoms with Crippen LogP contribution in [0.4, 0.5) is 4.39 Å². The molecule has 21 heavy (non-hydrogen) atoms. The summed E-state index contributed by atoms with van der Waals surface area (Å²) in [5, 5.41) is 0. The molecule has 1 heterocycles. The molecule has 2 nitrogen and oxygen atoms in total. The normalized spacial score (nSPS) is 23.0. The molecular weight excluding hydrogens is 265 g/mol. The molecule has 1 aliphatic rings. The largest absolute Gasteiger partial charge is 0.487 e. The van der Waals surface area contributed by atoms with Crippen molar-refractivity contribution in [3.8, 4) is 5.75 Å². The molecule has 0 radical (unpaired) electrons. The SMILES string of the molecule is CN1CC[C@H](Oc2ccccc2F)[C@H](c2ccccc2)C1. The van der Waals surface area contributed by atoms with Gasteiger partial charge in [0.15, 0.2) is 11.6 Å². The van der Waals surface area contributed by atoms with Gasteiger partial charge in [-0.05, 0) is 31.2 Å². The number of ether oxygens (including phenoxy) is 1. The molecule has 2 aromatic rings. The van der Waals surface area contributed by atoms with Gasteiger partial charge < -0.3 is 9.64 Å². The smallest absolute Gasteiger partial charge is 0.165 e. The summed E-state index contributed by atoms with van der Waals surface area (Å²) in [6.07, 6.45) is 0.921. The minimum atomic E-state index is -0.289. The Morgan fingerprint density at radius 2 is 1.76 bits per heavy atom. The van der Waals surface area contributed by atoms with Gasteiger partial charge in [-0.3, -0.25) is 0 Å². The first-order valence-corrected chi connectivity index (χ1v) is 7.39. The van der Waals surface area contributed by atoms with Crippen LogP contribution in [-0.4, -0.2) is 31.1 Å². The second kappa shape index (κ2) is 6.27. The molecule has 1 saturated heterocycles. The van der Waals surface area contributed by atoms with Gasteiger partial charge >= 0.3 is 0 Å². The zero-order valence-electron chi connectivity index (χ0n) is 12.2. The molecule has 0 aliphatic carbocycles. The number of rotatable bonds is 3. The predicted octanol–water partition coefficient (Wildman–Crippen LogP) is 3.69. The zero-order valence-corrected chi connectivity index (χ0v) is 12.2. The van der Waals surface area contributed by atoms with E-state index in [4.69, 9.17) is 4.74 Å². The van der Waals surface area contributed by atoms with Crippen LogP contribution in [0.3, 0.4) is 0 Å². The predicted molar refractivity (Wildman–Crippen MR) is 82.1 cm³/mol. The van der Waals surface area contributed by atoms with Gasteiger partial charge in [0.25, 0.3) is 0 Å². The Morgan fingerprint density at radius 3 is 2.52 bits per heavy atom. The summed E-state index contributed by atoms with van der Waals surface area (Å²) in [5.41, 5.74) is 1.25. The van der Waals surface area contributed by atoms with Crippen LogP contribution in [0.25, 0.3) is 0 Å². The van der Waals surface area contributed by atoms with Gasteiger partial charge in [-0.1, -0.05) is 42.5 Å². The minimum Gasteiger partial charge on any atom is -0.487 e. The summed E-state index contributed by atoms with van der Waals surface area (Å²) < 4.78 is 19.8. The number of likely N-dealkylation sites (N-methyl/N-ethyl adjacent to an activating group) is 1. The standard InChI is InChI=1S/C18H20FNO/c1-20-12-11-17(21-18-10-6-5-9-16(18)19)15(13-20)14-7-3-2-4-8-14/h2-10,15,17H,11-13H2,1H3/t15-,17-/m0/s1. The van der Waals surface area contributed by atoms with Crippen LogP contribution in [0.2, 0.25) is 0 Å². The first-order valence-electron chi connectivity index (χ1n) is 7.39. The van der Waals surface area contributed by atoms with E-state index in [2.05, 4.69) is 24.1 Å². The Labute approximate surface area is 125 Å². The van der Waals surface area contributed by atoms with E-state index in [1.54, 1.807) is 12.1 Å². The molecule has 3 heteroatoms. The molecule has 1 fully saturated rings. The van der Waals surface area contributed by atoms with Crippen molar-refractivity contribution in [2.75, 3.05) is 20.1 Å². The first-order chi connectivity index (χ1) is 10.2. The van der Waals surface area contributed by atoms with Crippen LogP contribution in [0.15, 0.2) is 54.6 Å². The average molecular weight is 285 g/mol. The topological polar surface area (TPSA) is 12.5 Å². The third-order valence-corrected chi connectivity index (χ3v) is 4.10. The van der Waals surface area contributed by atoms with Gasteiger partial charge in [0.05, 0.1) is 0 Å². The maximum Gasteiger partial charge on any atom is 0.165 e. The number of hydrogen-bond acceptors (Lipinski definition) is 2. The fourth-order valence-corrected chi connectivity index (χ4v) is 2.96. The van der Waals surface area contributed by atoms with E-state index < -0.39 is 0 Å². The van der Waals surface area contributed by atoms with Gasteiger partial charge in [-0.2, -0.15) is 0 Å². The summed E-state index contributed by atoms with van der Waals surface area (Å²) in [6.45, 7) is 1.91. The van der Waals surface area contributed by atoms with E-state index in [1.807, 2.05) is 24.3 Å². The molecule has 0 aromatic heterocycles. The molecule has 0 bridgehead atoms. The Hall–Kier alpha value is -1.87. The second-order valence-electron chi connectivity index (χ2n) is 5.65. The number of halogens is 1. The highest BCUT2D eigenvalue weighted by Crippen LogP contribution is 2.31. The van der Waals surface area contributed by atoms with E-state index in [-0.39, 0.29) is 17.8 Å². The lowest BCUT2D eigenvalue weighted by molar-refractivity contribution is 0.0867. The number of nitrogens with zero attached hydrogens (tertiary/aromatic N) is 1. The fourth-order valence-electron chi connectivity index (χ4n) is 2.96. The highest BCUT2D eigenvalue weighted by Gasteiger charge is 2.31. The van der Waals surface area contributed by atoms with Crippen molar-refractivity contribution < 1.29 is 9.13 Å². The molecule has 0 spiro atoms. The number of piperidine rings is 1. The summed E-state index contributed by atoms with van der Waals surface area (Å²) in [5.74, 6) is 0.334. The van der Waals surface area contributed by atoms with Crippen LogP contribution in [-0.2, 0) is 0 Å². The average Bonchev–Trinajstić information content (AvgIpc) is 2.52. The molecule has 0 amide bonds. The van der Waals surface area contributed by atoms with Crippen molar-refractivity contribution in [2.24, 2.45) is 0 Å². The van der Waals surface area contributed by atoms with Gasteiger partial charge in [0, 0.05) is 19.0 Å². The van der Waals surface area contributed by atoms with Crippen molar-refractivity contribution in [1.29, 1.82) is 0 Å². The van der Waals surface area contributed by atoms with Crippen molar-refractivity contribution >= 4 is 0 Å². The van der Waals surface area contributed by atoms with Gasteiger partial charge in [-0.15, -0.1) is 0 Å². The van der Waals surface area contributed by atoms with Crippen LogP contribution in [0.1, 0.15) is 17.9 Å². The monoisotopic (exact) mass is 285 g/mol. The van der Waals surface area contributed by atoms with Crippen molar-refractivity contribution in [2.45, 2.75) is 18.4 Å². The number of benzene rings is 2. The number of likely N-dealkylation sites (tertiary alicyclic amines) is 1. The summed E-state index contributed by atoms with van der Waals surface area (Å²) in [7, 11) is 2.12. The molecule has 0 unspecified atom stereocenters. The minimum absolute atomic E-state index is 0.0144. The highest BCUT2D eigenvalue weighted by molar-refractivity contribution is 5.26. The van der Waals surface area contributed by atoms with Gasteiger partial charge in [-0.25, -0.2) is 4.39 Å². The molecule has 0 saturated carbocycles. The molecule has 0 N–H and O–H groups in total. The summed E-state index contributed by atoms with van der Waals surface area (Å²) >= 11 is 0. The lowest BCUT2D eigenvalue weighted by Crippen LogP contribution is -2.42. The number of para-hydroxylation sites is 1. The van der Waals surface area contributed by atoms with E-state index in [0.29, 0.717) is 5.75 Å². The van der Waals surface area contributed by atoms with Crippen molar-refractivity contribution in [1.82, 2.24) is 4.90 Å². The quantitative estimate of drug-likeness (QED) is 0.852. The molecule has 2 atom stereocenters. The Kier molecular flexibility index (Phi) is 4.20. The van der Waals surface area contributed by atoms with Crippen LogP contribution in [0, 0.1) is 5.82 Å². The summed E-state index contributed by atoms with van der Waals surface area (Å²) in [6, 6.07) is 17.0. The third kappa shape index (κ3) is 3.24. The summed E-state index contributed by atoms with van der Waals surface area (Å²) in [4.78, 5) is 2.30. The Bertz CT molecular complexity index is 587. The van der Waals surface area contributed by atoms with Crippen LogP contribution < -0.4 is 4.74 Å². The second-order valence-corrected chi connectivity index (χ2v) is 5.65. The number of hydrogen-bond donors (Lipinski definition) is 0. The fraction of sp³-hybridized carbons (Fsp3) is 0.333. The molecule has 3 rings (SSSR count). The molecule has 2 aromatic carbocycles. The van der Waals surface area contributed by atoms with Gasteiger partial charge in [0.2, 0.25) is 0 Å². The van der Waals surface area contributed by atoms with Crippen LogP contribution in [0.5, 0.6) is 5.75 Å². The molecule has 1 aliphatic heterocycles. The maximum absolute atomic E-state index is 13.8. The highest BCUT2D eigenvalue weighted by atomic mass is 19.1. The van der Waals surface area contributed by atoms with E-state index in [9.17, 15) is 4.39 Å². The zero-order chi connectivity index (χ0) is 14.7. The van der Waals surface area contributed by atoms with Crippen molar-refractivity contribution in [3.05, 3.63) is 66.0 Å². The lowest BCUT2D eigenvalue weighted by Gasteiger charge is -2.37. The van der Waals surface area contributed by atoms with E-state index >= 15 is 0 Å². The van der Waals surface area contributed by atoms with Crippen molar-refractivity contribution in [3.63, 3.8) is 0 Å².